The number of hydrogen-bond acceptors (Lipinski definition) is 3. The first-order chi connectivity index (χ1) is 11.6. The van der Waals surface area contributed by atoms with Crippen molar-refractivity contribution in [2.45, 2.75) is 45.8 Å². The van der Waals surface area contributed by atoms with E-state index in [1.165, 1.54) is 0 Å². The number of amides is 1. The average molecular weight is 363 g/mol. The molecular formula is C17H21F4NO3. The molecular weight excluding hydrogens is 342 g/mol. The highest BCUT2D eigenvalue weighted by Gasteiger charge is 2.34. The topological polar surface area (TPSA) is 55.4 Å². The molecule has 1 amide bonds. The van der Waals surface area contributed by atoms with Gasteiger partial charge >= 0.3 is 12.1 Å². The highest BCUT2D eigenvalue weighted by atomic mass is 19.4. The smallest absolute Gasteiger partial charge is 0.419 e. The van der Waals surface area contributed by atoms with Crippen molar-refractivity contribution in [3.05, 3.63) is 35.1 Å². The van der Waals surface area contributed by atoms with Crippen LogP contribution in [0.1, 0.15) is 49.5 Å². The first kappa shape index (κ1) is 20.9. The monoisotopic (exact) mass is 363 g/mol. The van der Waals surface area contributed by atoms with Crippen molar-refractivity contribution >= 4 is 11.9 Å². The number of hydrogen-bond donors (Lipinski definition) is 1. The zero-order chi connectivity index (χ0) is 19.2. The first-order valence-electron chi connectivity index (χ1n) is 7.92. The maximum atomic E-state index is 13.6. The number of alkyl halides is 3. The molecule has 4 nitrogen and oxygen atoms in total. The maximum Gasteiger partial charge on any atom is 0.419 e. The Hall–Kier alpha value is -2.12. The minimum absolute atomic E-state index is 0.212. The second-order valence-corrected chi connectivity index (χ2v) is 5.91. The minimum atomic E-state index is -4.84. The van der Waals surface area contributed by atoms with Crippen molar-refractivity contribution in [1.29, 1.82) is 0 Å². The number of rotatable bonds is 7. The lowest BCUT2D eigenvalue weighted by Crippen LogP contribution is -2.45. The van der Waals surface area contributed by atoms with Gasteiger partial charge in [-0.05, 0) is 30.5 Å². The van der Waals surface area contributed by atoms with Crippen molar-refractivity contribution in [3.63, 3.8) is 0 Å². The second-order valence-electron chi connectivity index (χ2n) is 5.91. The lowest BCUT2D eigenvalue weighted by Gasteiger charge is -2.21. The Kier molecular flexibility index (Phi) is 7.38. The summed E-state index contributed by atoms with van der Waals surface area (Å²) < 4.78 is 56.3. The number of halogens is 4. The number of nitrogens with one attached hydrogen (secondary N) is 1. The number of unbranched alkanes of at least 4 members (excludes halogenated alkanes) is 1. The van der Waals surface area contributed by atoms with E-state index in [4.69, 9.17) is 4.74 Å². The number of benzene rings is 1. The van der Waals surface area contributed by atoms with Crippen molar-refractivity contribution in [3.8, 4) is 0 Å². The van der Waals surface area contributed by atoms with Crippen molar-refractivity contribution < 1.29 is 31.9 Å². The fraction of sp³-hybridized carbons (Fsp3) is 0.529. The van der Waals surface area contributed by atoms with Crippen LogP contribution in [0.2, 0.25) is 0 Å². The van der Waals surface area contributed by atoms with E-state index in [0.717, 1.165) is 12.5 Å². The summed E-state index contributed by atoms with van der Waals surface area (Å²) in [5.41, 5.74) is -1.76. The van der Waals surface area contributed by atoms with E-state index in [-0.39, 0.29) is 18.1 Å². The molecule has 0 saturated heterocycles. The standard InChI is InChI=1S/C17H21F4NO3/c1-4-5-8-25-16(24)14(10(2)3)22-15(23)11-6-7-12(13(18)9-11)17(19,20)21/h6-7,9-10,14H,4-5,8H2,1-3H3,(H,22,23). The van der Waals surface area contributed by atoms with Gasteiger partial charge in [0, 0.05) is 5.56 Å². The maximum absolute atomic E-state index is 13.6. The largest absolute Gasteiger partial charge is 0.464 e. The van der Waals surface area contributed by atoms with Gasteiger partial charge in [0.25, 0.3) is 5.91 Å². The van der Waals surface area contributed by atoms with Gasteiger partial charge in [-0.1, -0.05) is 27.2 Å². The molecule has 1 aromatic carbocycles. The molecule has 0 spiro atoms. The molecule has 0 bridgehead atoms. The predicted molar refractivity (Wildman–Crippen MR) is 83.4 cm³/mol. The van der Waals surface area contributed by atoms with Gasteiger partial charge in [-0.2, -0.15) is 13.2 Å². The van der Waals surface area contributed by atoms with Crippen LogP contribution in [0.5, 0.6) is 0 Å². The van der Waals surface area contributed by atoms with Crippen LogP contribution in [0.3, 0.4) is 0 Å². The van der Waals surface area contributed by atoms with Gasteiger partial charge in [-0.3, -0.25) is 4.79 Å². The minimum Gasteiger partial charge on any atom is -0.464 e. The van der Waals surface area contributed by atoms with Crippen molar-refractivity contribution in [1.82, 2.24) is 5.32 Å². The Morgan fingerprint density at radius 3 is 2.36 bits per heavy atom. The Labute approximate surface area is 143 Å². The quantitative estimate of drug-likeness (QED) is 0.454. The van der Waals surface area contributed by atoms with Gasteiger partial charge < -0.3 is 10.1 Å². The summed E-state index contributed by atoms with van der Waals surface area (Å²) in [7, 11) is 0. The molecule has 1 aromatic rings. The van der Waals surface area contributed by atoms with Gasteiger partial charge in [0.15, 0.2) is 0 Å². The molecule has 140 valence electrons. The zero-order valence-electron chi connectivity index (χ0n) is 14.2. The summed E-state index contributed by atoms with van der Waals surface area (Å²) in [5, 5.41) is 2.38. The molecule has 0 radical (unpaired) electrons. The number of carbonyl (C=O) groups excluding carboxylic acids is 2. The molecule has 0 fully saturated rings. The van der Waals surface area contributed by atoms with E-state index >= 15 is 0 Å². The second kappa shape index (κ2) is 8.82. The predicted octanol–water partition coefficient (Wildman–Crippen LogP) is 3.94. The fourth-order valence-corrected chi connectivity index (χ4v) is 2.02. The van der Waals surface area contributed by atoms with E-state index in [1.54, 1.807) is 13.8 Å². The van der Waals surface area contributed by atoms with Crippen molar-refractivity contribution in [2.75, 3.05) is 6.61 Å². The zero-order valence-corrected chi connectivity index (χ0v) is 14.2. The molecule has 0 aliphatic rings. The SMILES string of the molecule is CCCCOC(=O)C(NC(=O)c1ccc(C(F)(F)F)c(F)c1)C(C)C. The molecule has 1 unspecified atom stereocenters. The molecule has 0 aliphatic heterocycles. The van der Waals surface area contributed by atoms with Crippen LogP contribution in [0.15, 0.2) is 18.2 Å². The highest BCUT2D eigenvalue weighted by molar-refractivity contribution is 5.96. The first-order valence-corrected chi connectivity index (χ1v) is 7.92. The highest BCUT2D eigenvalue weighted by Crippen LogP contribution is 2.31. The summed E-state index contributed by atoms with van der Waals surface area (Å²) in [6, 6.07) is 0.877. The lowest BCUT2D eigenvalue weighted by atomic mass is 10.0. The third kappa shape index (κ3) is 6.03. The van der Waals surface area contributed by atoms with Crippen molar-refractivity contribution in [2.24, 2.45) is 5.92 Å². The van der Waals surface area contributed by atoms with E-state index in [9.17, 15) is 27.2 Å². The molecule has 25 heavy (non-hydrogen) atoms. The normalized spacial score (nSPS) is 12.8. The van der Waals surface area contributed by atoms with E-state index in [1.807, 2.05) is 6.92 Å². The third-order valence-electron chi connectivity index (χ3n) is 3.49. The fourth-order valence-electron chi connectivity index (χ4n) is 2.02. The van der Waals surface area contributed by atoms with Gasteiger partial charge in [-0.25, -0.2) is 9.18 Å². The Morgan fingerprint density at radius 1 is 1.24 bits per heavy atom. The number of esters is 1. The third-order valence-corrected chi connectivity index (χ3v) is 3.49. The number of carbonyl (C=O) groups is 2. The van der Waals surface area contributed by atoms with Crippen LogP contribution in [0, 0.1) is 11.7 Å². The number of ether oxygens (including phenoxy) is 1. The lowest BCUT2D eigenvalue weighted by molar-refractivity contribution is -0.147. The molecule has 1 atom stereocenters. The van der Waals surface area contributed by atoms with Gasteiger partial charge in [-0.15, -0.1) is 0 Å². The van der Waals surface area contributed by atoms with Crippen LogP contribution in [-0.2, 0) is 15.7 Å². The van der Waals surface area contributed by atoms with E-state index in [2.05, 4.69) is 5.32 Å². The molecule has 0 heterocycles. The Morgan fingerprint density at radius 2 is 1.88 bits per heavy atom. The molecule has 0 aliphatic carbocycles. The molecule has 8 heteroatoms. The molecule has 0 saturated carbocycles. The van der Waals surface area contributed by atoms with E-state index in [0.29, 0.717) is 18.6 Å². The summed E-state index contributed by atoms with van der Waals surface area (Å²) in [6.45, 7) is 5.50. The van der Waals surface area contributed by atoms with Crippen LogP contribution in [-0.4, -0.2) is 24.5 Å². The van der Waals surface area contributed by atoms with Crippen LogP contribution >= 0.6 is 0 Å². The van der Waals surface area contributed by atoms with Gasteiger partial charge in [0.05, 0.1) is 12.2 Å². The molecule has 1 N–H and O–H groups in total. The van der Waals surface area contributed by atoms with Gasteiger partial charge in [0.1, 0.15) is 11.9 Å². The van der Waals surface area contributed by atoms with Gasteiger partial charge in [0.2, 0.25) is 0 Å². The summed E-state index contributed by atoms with van der Waals surface area (Å²) in [6.07, 6.45) is -3.34. The van der Waals surface area contributed by atoms with Crippen LogP contribution < -0.4 is 5.32 Å². The summed E-state index contributed by atoms with van der Waals surface area (Å²) in [5.74, 6) is -3.34. The Bertz CT molecular complexity index is 614. The molecule has 1 rings (SSSR count). The molecule has 0 aromatic heterocycles. The van der Waals surface area contributed by atoms with Crippen LogP contribution in [0.25, 0.3) is 0 Å². The summed E-state index contributed by atoms with van der Waals surface area (Å²) in [4.78, 5) is 24.2. The van der Waals surface area contributed by atoms with E-state index < -0.39 is 35.5 Å². The average Bonchev–Trinajstić information content (AvgIpc) is 2.50. The Balaban J connectivity index is 2.87. The summed E-state index contributed by atoms with van der Waals surface area (Å²) >= 11 is 0. The van der Waals surface area contributed by atoms with Crippen LogP contribution in [0.4, 0.5) is 17.6 Å².